The number of hydrogen-bond donors (Lipinski definition) is 3. The van der Waals surface area contributed by atoms with Crippen LogP contribution in [-0.2, 0) is 11.2 Å². The average molecular weight is 346 g/mol. The first kappa shape index (κ1) is 18.2. The van der Waals surface area contributed by atoms with Gasteiger partial charge in [0.2, 0.25) is 5.91 Å². The molecule has 5 heteroatoms. The fraction of sp³-hybridized carbons (Fsp3) is 0.650. The Hall–Kier alpha value is -1.59. The number of amides is 1. The average Bonchev–Trinajstić information content (AvgIpc) is 2.57. The zero-order chi connectivity index (χ0) is 17.7. The number of hydrogen-bond acceptors (Lipinski definition) is 4. The van der Waals surface area contributed by atoms with Crippen molar-refractivity contribution in [2.75, 3.05) is 19.6 Å². The summed E-state index contributed by atoms with van der Waals surface area (Å²) in [5.41, 5.74) is 0.332. The molecule has 2 fully saturated rings. The molecule has 0 radical (unpaired) electrons. The van der Waals surface area contributed by atoms with Crippen molar-refractivity contribution in [1.29, 1.82) is 0 Å². The minimum absolute atomic E-state index is 0.00922. The zero-order valence-corrected chi connectivity index (χ0v) is 14.9. The van der Waals surface area contributed by atoms with Gasteiger partial charge in [0.1, 0.15) is 5.75 Å². The molecule has 2 aliphatic rings. The van der Waals surface area contributed by atoms with Crippen LogP contribution in [-0.4, -0.2) is 52.3 Å². The quantitative estimate of drug-likeness (QED) is 0.764. The van der Waals surface area contributed by atoms with Crippen LogP contribution in [0.3, 0.4) is 0 Å². The number of rotatable bonds is 5. The van der Waals surface area contributed by atoms with Gasteiger partial charge in [0.05, 0.1) is 12.0 Å². The van der Waals surface area contributed by atoms with Crippen LogP contribution in [0.5, 0.6) is 5.75 Å². The largest absolute Gasteiger partial charge is 0.508 e. The molecule has 1 aromatic carbocycles. The molecule has 3 N–H and O–H groups in total. The van der Waals surface area contributed by atoms with E-state index in [-0.39, 0.29) is 17.7 Å². The lowest BCUT2D eigenvalue weighted by Crippen LogP contribution is -2.50. The van der Waals surface area contributed by atoms with Crippen LogP contribution in [0, 0.1) is 0 Å². The summed E-state index contributed by atoms with van der Waals surface area (Å²) in [7, 11) is 0. The van der Waals surface area contributed by atoms with Crippen LogP contribution >= 0.6 is 0 Å². The van der Waals surface area contributed by atoms with Gasteiger partial charge >= 0.3 is 0 Å². The van der Waals surface area contributed by atoms with Gasteiger partial charge in [-0.1, -0.05) is 31.4 Å². The molecule has 0 atom stereocenters. The van der Waals surface area contributed by atoms with Crippen molar-refractivity contribution in [3.8, 4) is 5.75 Å². The van der Waals surface area contributed by atoms with E-state index in [1.54, 1.807) is 18.2 Å². The van der Waals surface area contributed by atoms with Gasteiger partial charge in [0.25, 0.3) is 0 Å². The smallest absolute Gasteiger partial charge is 0.224 e. The van der Waals surface area contributed by atoms with Gasteiger partial charge in [0, 0.05) is 25.7 Å². The SMILES string of the molecule is O=C(Cc1cccc(O)c1)NC1CCN(CC2(O)CCCCC2)CC1. The van der Waals surface area contributed by atoms with Crippen molar-refractivity contribution in [2.24, 2.45) is 0 Å². The molecule has 0 bridgehead atoms. The van der Waals surface area contributed by atoms with E-state index in [1.807, 2.05) is 6.07 Å². The van der Waals surface area contributed by atoms with Gasteiger partial charge in [-0.2, -0.15) is 0 Å². The Balaban J connectivity index is 1.40. The van der Waals surface area contributed by atoms with Gasteiger partial charge in [-0.3, -0.25) is 4.79 Å². The number of β-amino-alcohol motifs (C(OH)–C–C–N with tert-alkyl or cyclic N) is 1. The van der Waals surface area contributed by atoms with Crippen molar-refractivity contribution in [3.63, 3.8) is 0 Å². The molecular formula is C20H30N2O3. The molecule has 1 saturated heterocycles. The second-order valence-corrected chi connectivity index (χ2v) is 7.75. The summed E-state index contributed by atoms with van der Waals surface area (Å²) in [6.07, 6.45) is 7.53. The summed E-state index contributed by atoms with van der Waals surface area (Å²) in [4.78, 5) is 14.5. The second kappa shape index (κ2) is 8.19. The first-order chi connectivity index (χ1) is 12.0. The van der Waals surface area contributed by atoms with Gasteiger partial charge in [-0.15, -0.1) is 0 Å². The summed E-state index contributed by atoms with van der Waals surface area (Å²) in [5.74, 6) is 0.203. The molecule has 1 saturated carbocycles. The van der Waals surface area contributed by atoms with E-state index in [9.17, 15) is 15.0 Å². The molecule has 1 aromatic rings. The van der Waals surface area contributed by atoms with E-state index >= 15 is 0 Å². The van der Waals surface area contributed by atoms with Crippen LogP contribution < -0.4 is 5.32 Å². The maximum Gasteiger partial charge on any atom is 0.224 e. The summed E-state index contributed by atoms with van der Waals surface area (Å²) >= 11 is 0. The van der Waals surface area contributed by atoms with Crippen molar-refractivity contribution < 1.29 is 15.0 Å². The molecule has 1 amide bonds. The van der Waals surface area contributed by atoms with Crippen LogP contribution in [0.15, 0.2) is 24.3 Å². The van der Waals surface area contributed by atoms with E-state index in [2.05, 4.69) is 10.2 Å². The maximum absolute atomic E-state index is 12.2. The van der Waals surface area contributed by atoms with Crippen LogP contribution in [0.1, 0.15) is 50.5 Å². The number of phenols is 1. The molecule has 0 aromatic heterocycles. The molecule has 25 heavy (non-hydrogen) atoms. The number of nitrogens with one attached hydrogen (secondary N) is 1. The Bertz CT molecular complexity index is 576. The second-order valence-electron chi connectivity index (χ2n) is 7.75. The minimum atomic E-state index is -0.496. The number of aliphatic hydroxyl groups is 1. The molecule has 138 valence electrons. The molecule has 5 nitrogen and oxygen atoms in total. The number of carbonyl (C=O) groups is 1. The zero-order valence-electron chi connectivity index (χ0n) is 14.9. The predicted molar refractivity (Wildman–Crippen MR) is 97.5 cm³/mol. The number of piperidine rings is 1. The van der Waals surface area contributed by atoms with Crippen molar-refractivity contribution in [2.45, 2.75) is 63.0 Å². The lowest BCUT2D eigenvalue weighted by molar-refractivity contribution is -0.121. The highest BCUT2D eigenvalue weighted by Crippen LogP contribution is 2.29. The molecular weight excluding hydrogens is 316 g/mol. The topological polar surface area (TPSA) is 72.8 Å². The van der Waals surface area contributed by atoms with E-state index in [1.165, 1.54) is 6.42 Å². The molecule has 1 heterocycles. The van der Waals surface area contributed by atoms with E-state index in [4.69, 9.17) is 0 Å². The number of aromatic hydroxyl groups is 1. The Labute approximate surface area is 150 Å². The molecule has 3 rings (SSSR count). The monoisotopic (exact) mass is 346 g/mol. The third-order valence-corrected chi connectivity index (χ3v) is 5.53. The Kier molecular flexibility index (Phi) is 5.97. The molecule has 0 unspecified atom stereocenters. The molecule has 1 aliphatic carbocycles. The number of likely N-dealkylation sites (tertiary alicyclic amines) is 1. The fourth-order valence-corrected chi connectivity index (χ4v) is 4.15. The number of carbonyl (C=O) groups excluding carboxylic acids is 1. The Morgan fingerprint density at radius 2 is 1.92 bits per heavy atom. The normalized spacial score (nSPS) is 21.8. The van der Waals surface area contributed by atoms with E-state index < -0.39 is 5.60 Å². The number of phenolic OH excluding ortho intramolecular Hbond substituents is 1. The minimum Gasteiger partial charge on any atom is -0.508 e. The van der Waals surface area contributed by atoms with E-state index in [0.29, 0.717) is 6.42 Å². The molecule has 1 aliphatic heterocycles. The lowest BCUT2D eigenvalue weighted by Gasteiger charge is -2.40. The van der Waals surface area contributed by atoms with Crippen LogP contribution in [0.2, 0.25) is 0 Å². The summed E-state index contributed by atoms with van der Waals surface area (Å²) in [6.45, 7) is 2.63. The predicted octanol–water partition coefficient (Wildman–Crippen LogP) is 2.21. The fourth-order valence-electron chi connectivity index (χ4n) is 4.15. The lowest BCUT2D eigenvalue weighted by atomic mass is 9.84. The van der Waals surface area contributed by atoms with Gasteiger partial charge < -0.3 is 20.4 Å². The van der Waals surface area contributed by atoms with Gasteiger partial charge in [0.15, 0.2) is 0 Å². The van der Waals surface area contributed by atoms with E-state index in [0.717, 1.165) is 63.7 Å². The van der Waals surface area contributed by atoms with Crippen molar-refractivity contribution in [1.82, 2.24) is 10.2 Å². The Morgan fingerprint density at radius 1 is 1.20 bits per heavy atom. The van der Waals surface area contributed by atoms with Gasteiger partial charge in [-0.25, -0.2) is 0 Å². The first-order valence-electron chi connectivity index (χ1n) is 9.54. The highest BCUT2D eigenvalue weighted by molar-refractivity contribution is 5.79. The highest BCUT2D eigenvalue weighted by Gasteiger charge is 2.32. The summed E-state index contributed by atoms with van der Waals surface area (Å²) in [6, 6.07) is 7.06. The third-order valence-electron chi connectivity index (χ3n) is 5.53. The summed E-state index contributed by atoms with van der Waals surface area (Å²) < 4.78 is 0. The summed E-state index contributed by atoms with van der Waals surface area (Å²) in [5, 5.41) is 23.3. The van der Waals surface area contributed by atoms with Crippen LogP contribution in [0.4, 0.5) is 0 Å². The molecule has 0 spiro atoms. The standard InChI is InChI=1S/C20H30N2O3/c23-18-6-4-5-16(13-18)14-19(24)21-17-7-11-22(12-8-17)15-20(25)9-2-1-3-10-20/h4-6,13,17,23,25H,1-3,7-12,14-15H2,(H,21,24). The number of nitrogens with zero attached hydrogens (tertiary/aromatic N) is 1. The Morgan fingerprint density at radius 3 is 2.60 bits per heavy atom. The maximum atomic E-state index is 12.2. The van der Waals surface area contributed by atoms with Crippen molar-refractivity contribution in [3.05, 3.63) is 29.8 Å². The first-order valence-corrected chi connectivity index (χ1v) is 9.54. The van der Waals surface area contributed by atoms with Gasteiger partial charge in [-0.05, 0) is 43.4 Å². The number of benzene rings is 1. The van der Waals surface area contributed by atoms with Crippen LogP contribution in [0.25, 0.3) is 0 Å². The highest BCUT2D eigenvalue weighted by atomic mass is 16.3. The van der Waals surface area contributed by atoms with Crippen molar-refractivity contribution >= 4 is 5.91 Å². The third kappa shape index (κ3) is 5.44.